The van der Waals surface area contributed by atoms with E-state index >= 15 is 0 Å². The first-order valence-corrected chi connectivity index (χ1v) is 10.2. The van der Waals surface area contributed by atoms with E-state index in [1.165, 1.54) is 6.07 Å². The molecule has 0 spiro atoms. The highest BCUT2D eigenvalue weighted by atomic mass is 32.2. The van der Waals surface area contributed by atoms with E-state index in [0.29, 0.717) is 17.8 Å². The summed E-state index contributed by atoms with van der Waals surface area (Å²) in [5, 5.41) is 2.79. The number of rotatable bonds is 4. The van der Waals surface area contributed by atoms with Crippen LogP contribution < -0.4 is 10.0 Å². The molecule has 7 nitrogen and oxygen atoms in total. The number of nitrogens with one attached hydrogen (secondary N) is 2. The van der Waals surface area contributed by atoms with Gasteiger partial charge in [-0.25, -0.2) is 18.1 Å². The zero-order chi connectivity index (χ0) is 18.5. The molecule has 1 aromatic heterocycles. The van der Waals surface area contributed by atoms with E-state index in [1.807, 2.05) is 6.20 Å². The van der Waals surface area contributed by atoms with Crippen LogP contribution in [0, 0.1) is 5.92 Å². The number of sulfonamides is 1. The molecule has 0 saturated carbocycles. The number of nitrogens with zero attached hydrogens (tertiary/aromatic N) is 2. The number of aromatic nitrogens is 2. The smallest absolute Gasteiger partial charge is 0.240 e. The Labute approximate surface area is 152 Å². The summed E-state index contributed by atoms with van der Waals surface area (Å²) < 4.78 is 30.3. The van der Waals surface area contributed by atoms with Crippen LogP contribution in [0.2, 0.25) is 0 Å². The van der Waals surface area contributed by atoms with Gasteiger partial charge < -0.3 is 9.88 Å². The number of aryl methyl sites for hydroxylation is 1. The molecule has 1 amide bonds. The Bertz CT molecular complexity index is 978. The maximum Gasteiger partial charge on any atom is 0.240 e. The highest BCUT2D eigenvalue weighted by Crippen LogP contribution is 2.38. The lowest BCUT2D eigenvalue weighted by molar-refractivity contribution is -0.119. The maximum absolute atomic E-state index is 12.7. The van der Waals surface area contributed by atoms with Gasteiger partial charge in [-0.1, -0.05) is 0 Å². The molecular formula is C18H22N4O3S. The number of hydrogen-bond acceptors (Lipinski definition) is 4. The van der Waals surface area contributed by atoms with E-state index in [9.17, 15) is 13.2 Å². The first-order valence-electron chi connectivity index (χ1n) is 8.73. The van der Waals surface area contributed by atoms with Gasteiger partial charge in [0.05, 0.1) is 10.3 Å². The summed E-state index contributed by atoms with van der Waals surface area (Å²) in [5.41, 5.74) is 0.657. The van der Waals surface area contributed by atoms with Crippen molar-refractivity contribution in [2.75, 3.05) is 11.9 Å². The number of benzene rings is 1. The molecule has 1 aromatic carbocycles. The summed E-state index contributed by atoms with van der Waals surface area (Å²) in [6.45, 7) is 4.83. The maximum atomic E-state index is 12.7. The minimum atomic E-state index is -3.63. The van der Waals surface area contributed by atoms with Gasteiger partial charge in [-0.15, -0.1) is 0 Å². The molecule has 1 atom stereocenters. The summed E-state index contributed by atoms with van der Waals surface area (Å²) in [6, 6.07) is 4.80. The number of anilines is 1. The Morgan fingerprint density at radius 3 is 3.00 bits per heavy atom. The molecule has 0 saturated heterocycles. The molecule has 4 rings (SSSR count). The van der Waals surface area contributed by atoms with Gasteiger partial charge in [0.15, 0.2) is 0 Å². The van der Waals surface area contributed by atoms with Crippen LogP contribution in [0.4, 0.5) is 5.69 Å². The highest BCUT2D eigenvalue weighted by molar-refractivity contribution is 7.89. The van der Waals surface area contributed by atoms with Crippen LogP contribution in [0.25, 0.3) is 0 Å². The molecule has 8 heteroatoms. The Hall–Kier alpha value is -2.19. The van der Waals surface area contributed by atoms with Gasteiger partial charge in [-0.3, -0.25) is 4.79 Å². The molecule has 0 radical (unpaired) electrons. The van der Waals surface area contributed by atoms with Crippen molar-refractivity contribution in [2.45, 2.75) is 43.5 Å². The fourth-order valence-corrected chi connectivity index (χ4v) is 4.76. The zero-order valence-corrected chi connectivity index (χ0v) is 15.6. The van der Waals surface area contributed by atoms with Crippen LogP contribution >= 0.6 is 0 Å². The predicted molar refractivity (Wildman–Crippen MR) is 97.3 cm³/mol. The molecule has 0 fully saturated rings. The van der Waals surface area contributed by atoms with Gasteiger partial charge >= 0.3 is 0 Å². The molecule has 1 unspecified atom stereocenters. The van der Waals surface area contributed by atoms with Gasteiger partial charge in [0.1, 0.15) is 5.82 Å². The van der Waals surface area contributed by atoms with Crippen LogP contribution in [0.3, 0.4) is 0 Å². The lowest BCUT2D eigenvalue weighted by Gasteiger charge is -2.23. The molecule has 2 aliphatic rings. The van der Waals surface area contributed by atoms with E-state index in [1.54, 1.807) is 32.2 Å². The summed E-state index contributed by atoms with van der Waals surface area (Å²) in [4.78, 5) is 16.6. The van der Waals surface area contributed by atoms with Crippen LogP contribution in [-0.2, 0) is 33.2 Å². The average Bonchev–Trinajstić information content (AvgIpc) is 3.15. The molecular weight excluding hydrogens is 352 g/mol. The first kappa shape index (κ1) is 17.2. The molecule has 2 aromatic rings. The van der Waals surface area contributed by atoms with Crippen LogP contribution in [-0.4, -0.2) is 30.4 Å². The third-order valence-corrected chi connectivity index (χ3v) is 6.83. The third-order valence-electron chi connectivity index (χ3n) is 5.40. The predicted octanol–water partition coefficient (Wildman–Crippen LogP) is 1.65. The summed E-state index contributed by atoms with van der Waals surface area (Å²) in [5.74, 6) is 1.12. The van der Waals surface area contributed by atoms with Gasteiger partial charge in [0.25, 0.3) is 0 Å². The van der Waals surface area contributed by atoms with E-state index in [4.69, 9.17) is 0 Å². The number of fused-ring (bicyclic) bond motifs is 2. The normalized spacial score (nSPS) is 21.2. The van der Waals surface area contributed by atoms with Gasteiger partial charge in [0.2, 0.25) is 15.9 Å². The molecule has 2 aliphatic heterocycles. The van der Waals surface area contributed by atoms with Crippen LogP contribution in [0.5, 0.6) is 0 Å². The molecule has 3 heterocycles. The van der Waals surface area contributed by atoms with Crippen molar-refractivity contribution in [3.63, 3.8) is 0 Å². The largest absolute Gasteiger partial charge is 0.335 e. The summed E-state index contributed by atoms with van der Waals surface area (Å²) in [6.07, 6.45) is 5.42. The van der Waals surface area contributed by atoms with Crippen molar-refractivity contribution in [1.82, 2.24) is 14.3 Å². The summed E-state index contributed by atoms with van der Waals surface area (Å²) >= 11 is 0. The summed E-state index contributed by atoms with van der Waals surface area (Å²) in [7, 11) is -3.63. The lowest BCUT2D eigenvalue weighted by atomic mass is 9.86. The van der Waals surface area contributed by atoms with E-state index in [2.05, 4.69) is 19.6 Å². The molecule has 2 N–H and O–H groups in total. The lowest BCUT2D eigenvalue weighted by Crippen LogP contribution is -2.33. The Kier molecular flexibility index (Phi) is 3.92. The monoisotopic (exact) mass is 374 g/mol. The Morgan fingerprint density at radius 1 is 1.38 bits per heavy atom. The Balaban J connectivity index is 1.50. The number of hydrogen-bond donors (Lipinski definition) is 2. The van der Waals surface area contributed by atoms with E-state index < -0.39 is 15.4 Å². The van der Waals surface area contributed by atoms with Crippen molar-refractivity contribution < 1.29 is 13.2 Å². The first-order chi connectivity index (χ1) is 12.3. The third kappa shape index (κ3) is 2.83. The second-order valence-corrected chi connectivity index (χ2v) is 9.30. The fraction of sp³-hybridized carbons (Fsp3) is 0.444. The van der Waals surface area contributed by atoms with Crippen molar-refractivity contribution >= 4 is 21.6 Å². The minimum absolute atomic E-state index is 0.118. The number of carbonyl (C=O) groups excluding carboxylic acids is 1. The quantitative estimate of drug-likeness (QED) is 0.851. The molecule has 26 heavy (non-hydrogen) atoms. The van der Waals surface area contributed by atoms with E-state index in [0.717, 1.165) is 25.2 Å². The topological polar surface area (TPSA) is 93.1 Å². The van der Waals surface area contributed by atoms with Crippen molar-refractivity contribution in [2.24, 2.45) is 5.92 Å². The van der Waals surface area contributed by atoms with Gasteiger partial charge in [-0.05, 0) is 49.9 Å². The second kappa shape index (κ2) is 5.92. The number of imidazole rings is 1. The average molecular weight is 374 g/mol. The van der Waals surface area contributed by atoms with Crippen molar-refractivity contribution in [3.05, 3.63) is 42.0 Å². The van der Waals surface area contributed by atoms with Gasteiger partial charge in [-0.2, -0.15) is 0 Å². The Morgan fingerprint density at radius 2 is 2.19 bits per heavy atom. The fourth-order valence-electron chi connectivity index (χ4n) is 3.62. The SMILES string of the molecule is CC1(C)C(=O)Nc2ccc(S(=O)(=O)NCC3CCn4ccnc4C3)cc21. The van der Waals surface area contributed by atoms with Crippen LogP contribution in [0.1, 0.15) is 31.7 Å². The second-order valence-electron chi connectivity index (χ2n) is 7.53. The molecule has 138 valence electrons. The van der Waals surface area contributed by atoms with Gasteiger partial charge in [0, 0.05) is 37.6 Å². The molecule has 0 bridgehead atoms. The minimum Gasteiger partial charge on any atom is -0.335 e. The van der Waals surface area contributed by atoms with E-state index in [-0.39, 0.29) is 16.7 Å². The highest BCUT2D eigenvalue weighted by Gasteiger charge is 2.39. The van der Waals surface area contributed by atoms with Crippen LogP contribution in [0.15, 0.2) is 35.5 Å². The van der Waals surface area contributed by atoms with Crippen molar-refractivity contribution in [1.29, 1.82) is 0 Å². The van der Waals surface area contributed by atoms with Crippen molar-refractivity contribution in [3.8, 4) is 0 Å². The molecule has 0 aliphatic carbocycles. The number of carbonyl (C=O) groups is 1. The standard InChI is InChI=1S/C18H22N4O3S/c1-18(2)14-10-13(3-4-15(14)21-17(18)23)26(24,25)20-11-12-5-7-22-8-6-19-16(22)9-12/h3-4,6,8,10,12,20H,5,7,9,11H2,1-2H3,(H,21,23). The number of amides is 1. The zero-order valence-electron chi connectivity index (χ0n) is 14.8.